The Bertz CT molecular complexity index is 1050. The summed E-state index contributed by atoms with van der Waals surface area (Å²) in [6, 6.07) is 2.93. The minimum absolute atomic E-state index is 0.0765. The first-order chi connectivity index (χ1) is 14.0. The van der Waals surface area contributed by atoms with Gasteiger partial charge in [-0.3, -0.25) is 4.79 Å². The van der Waals surface area contributed by atoms with E-state index in [0.29, 0.717) is 15.9 Å². The summed E-state index contributed by atoms with van der Waals surface area (Å²) in [5.74, 6) is -1.86. The van der Waals surface area contributed by atoms with Gasteiger partial charge in [-0.25, -0.2) is 31.9 Å². The predicted molar refractivity (Wildman–Crippen MR) is 109 cm³/mol. The highest BCUT2D eigenvalue weighted by Gasteiger charge is 2.52. The molecule has 0 saturated heterocycles. The summed E-state index contributed by atoms with van der Waals surface area (Å²) in [6.45, 7) is 1.40. The molecule has 0 spiro atoms. The van der Waals surface area contributed by atoms with Crippen molar-refractivity contribution in [1.82, 2.24) is 14.7 Å². The van der Waals surface area contributed by atoms with Gasteiger partial charge in [-0.1, -0.05) is 0 Å². The van der Waals surface area contributed by atoms with Crippen LogP contribution in [0.3, 0.4) is 0 Å². The number of nitrogens with zero attached hydrogens (tertiary/aromatic N) is 2. The lowest BCUT2D eigenvalue weighted by Crippen LogP contribution is -2.40. The van der Waals surface area contributed by atoms with Crippen LogP contribution in [-0.2, 0) is 21.2 Å². The third kappa shape index (κ3) is 4.84. The highest BCUT2D eigenvalue weighted by molar-refractivity contribution is 9.10. The summed E-state index contributed by atoms with van der Waals surface area (Å²) >= 11 is 3.23. The van der Waals surface area contributed by atoms with Crippen LogP contribution in [0.1, 0.15) is 25.3 Å². The molecule has 1 fully saturated rings. The van der Waals surface area contributed by atoms with E-state index in [4.69, 9.17) is 0 Å². The van der Waals surface area contributed by atoms with Crippen molar-refractivity contribution in [3.63, 3.8) is 0 Å². The molecule has 0 radical (unpaired) electrons. The summed E-state index contributed by atoms with van der Waals surface area (Å²) in [5.41, 5.74) is -1.08. The number of aromatic nitrogens is 2. The van der Waals surface area contributed by atoms with Crippen LogP contribution in [0, 0.1) is 11.2 Å². The molecule has 3 rings (SSSR count). The van der Waals surface area contributed by atoms with Gasteiger partial charge in [0, 0.05) is 18.0 Å². The fourth-order valence-corrected chi connectivity index (χ4v) is 4.71. The van der Waals surface area contributed by atoms with Crippen molar-refractivity contribution in [1.29, 1.82) is 0 Å². The molecule has 0 amide bonds. The second-order valence-electron chi connectivity index (χ2n) is 7.35. The molecule has 1 aromatic heterocycles. The van der Waals surface area contributed by atoms with Crippen LogP contribution >= 0.6 is 15.9 Å². The first-order valence-corrected chi connectivity index (χ1v) is 11.6. The number of rotatable bonds is 7. The largest absolute Gasteiger partial charge is 0.481 e. The van der Waals surface area contributed by atoms with Crippen molar-refractivity contribution in [3.8, 4) is 11.4 Å². The summed E-state index contributed by atoms with van der Waals surface area (Å²) in [6.07, 6.45) is 0.379. The van der Waals surface area contributed by atoms with Crippen LogP contribution in [0.15, 0.2) is 35.1 Å². The Morgan fingerprint density at radius 2 is 2.00 bits per heavy atom. The van der Waals surface area contributed by atoms with Crippen LogP contribution in [0.2, 0.25) is 0 Å². The van der Waals surface area contributed by atoms with Gasteiger partial charge >= 0.3 is 5.97 Å². The lowest BCUT2D eigenvalue weighted by Gasteiger charge is -2.24. The fraction of sp³-hybridized carbons (Fsp3) is 0.421. The summed E-state index contributed by atoms with van der Waals surface area (Å²) in [4.78, 5) is 20.3. The summed E-state index contributed by atoms with van der Waals surface area (Å²) < 4.78 is 55.6. The number of hydrogen-bond acceptors (Lipinski definition) is 5. The number of aliphatic carboxylic acids is 1. The topological polar surface area (TPSA) is 109 Å². The molecule has 2 aromatic rings. The zero-order valence-corrected chi connectivity index (χ0v) is 18.4. The molecule has 7 nitrogen and oxygen atoms in total. The third-order valence-electron chi connectivity index (χ3n) is 5.25. The fourth-order valence-electron chi connectivity index (χ4n) is 3.65. The van der Waals surface area contributed by atoms with Gasteiger partial charge in [-0.2, -0.15) is 0 Å². The highest BCUT2D eigenvalue weighted by atomic mass is 79.9. The van der Waals surface area contributed by atoms with Crippen molar-refractivity contribution in [3.05, 3.63) is 46.4 Å². The lowest BCUT2D eigenvalue weighted by molar-refractivity contribution is -0.149. The number of halogens is 3. The van der Waals surface area contributed by atoms with Crippen LogP contribution in [0.4, 0.5) is 8.78 Å². The molecule has 1 aliphatic rings. The van der Waals surface area contributed by atoms with Crippen molar-refractivity contribution >= 4 is 31.9 Å². The lowest BCUT2D eigenvalue weighted by atomic mass is 9.79. The van der Waals surface area contributed by atoms with Gasteiger partial charge < -0.3 is 5.11 Å². The minimum Gasteiger partial charge on any atom is -0.481 e. The van der Waals surface area contributed by atoms with E-state index in [0.717, 1.165) is 0 Å². The maximum absolute atomic E-state index is 14.6. The standard InChI is InChI=1S/C19H20BrF2N3O4S/c1-2-30(28,29)25-16-8-19(18(26)27,7-15(16)22)6-12-5-11(3-4-14(12)21)17-23-9-13(20)10-24-17/h3-5,9-10,15-16,25H,2,6-8H2,1H3,(H,26,27)/t15-,16+,19-/m0/s1. The van der Waals surface area contributed by atoms with Gasteiger partial charge in [0.15, 0.2) is 5.82 Å². The van der Waals surface area contributed by atoms with Crippen LogP contribution in [-0.4, -0.2) is 47.4 Å². The average molecular weight is 504 g/mol. The Hall–Kier alpha value is -1.98. The van der Waals surface area contributed by atoms with E-state index >= 15 is 0 Å². The van der Waals surface area contributed by atoms with E-state index in [-0.39, 0.29) is 24.2 Å². The van der Waals surface area contributed by atoms with E-state index in [1.807, 2.05) is 0 Å². The van der Waals surface area contributed by atoms with Crippen molar-refractivity contribution in [2.45, 2.75) is 38.4 Å². The van der Waals surface area contributed by atoms with Crippen LogP contribution in [0.25, 0.3) is 11.4 Å². The Morgan fingerprint density at radius 1 is 1.33 bits per heavy atom. The molecular weight excluding hydrogens is 484 g/mol. The SMILES string of the molecule is CCS(=O)(=O)N[C@@H]1C[C@@](Cc2cc(-c3ncc(Br)cn3)ccc2F)(C(=O)O)C[C@@H]1F. The molecule has 0 bridgehead atoms. The smallest absolute Gasteiger partial charge is 0.310 e. The first kappa shape index (κ1) is 22.7. The van der Waals surface area contributed by atoms with Gasteiger partial charge in [0.25, 0.3) is 0 Å². The summed E-state index contributed by atoms with van der Waals surface area (Å²) in [7, 11) is -3.72. The Kier molecular flexibility index (Phi) is 6.54. The molecule has 1 aliphatic carbocycles. The number of sulfonamides is 1. The molecule has 1 aromatic carbocycles. The third-order valence-corrected chi connectivity index (χ3v) is 7.08. The minimum atomic E-state index is -3.72. The normalized spacial score (nSPS) is 24.1. The zero-order valence-electron chi connectivity index (χ0n) is 16.0. The number of carbonyl (C=O) groups is 1. The molecule has 1 heterocycles. The van der Waals surface area contributed by atoms with Gasteiger partial charge in [-0.15, -0.1) is 0 Å². The average Bonchev–Trinajstić information content (AvgIpc) is 3.00. The monoisotopic (exact) mass is 503 g/mol. The molecular formula is C19H20BrF2N3O4S. The molecule has 11 heteroatoms. The highest BCUT2D eigenvalue weighted by Crippen LogP contribution is 2.44. The van der Waals surface area contributed by atoms with Gasteiger partial charge in [0.1, 0.15) is 12.0 Å². The molecule has 0 aliphatic heterocycles. The van der Waals surface area contributed by atoms with Crippen LogP contribution < -0.4 is 4.72 Å². The number of alkyl halides is 1. The van der Waals surface area contributed by atoms with Crippen molar-refractivity contribution in [2.75, 3.05) is 5.75 Å². The number of carboxylic acid groups (broad SMARTS) is 1. The number of carboxylic acids is 1. The predicted octanol–water partition coefficient (Wildman–Crippen LogP) is 3.10. The quantitative estimate of drug-likeness (QED) is 0.600. The molecule has 162 valence electrons. The summed E-state index contributed by atoms with van der Waals surface area (Å²) in [5, 5.41) is 9.83. The zero-order chi connectivity index (χ0) is 22.1. The Balaban J connectivity index is 1.91. The van der Waals surface area contributed by atoms with E-state index in [1.54, 1.807) is 0 Å². The maximum Gasteiger partial charge on any atom is 0.310 e. The van der Waals surface area contributed by atoms with Crippen LogP contribution in [0.5, 0.6) is 0 Å². The Morgan fingerprint density at radius 3 is 2.60 bits per heavy atom. The van der Waals surface area contributed by atoms with Gasteiger partial charge in [0.2, 0.25) is 10.0 Å². The Labute approximate surface area is 181 Å². The van der Waals surface area contributed by atoms with E-state index in [2.05, 4.69) is 30.6 Å². The van der Waals surface area contributed by atoms with E-state index in [1.165, 1.54) is 37.5 Å². The van der Waals surface area contributed by atoms with Crippen molar-refractivity contribution < 1.29 is 27.1 Å². The molecule has 3 atom stereocenters. The second kappa shape index (κ2) is 8.64. The number of benzene rings is 1. The number of hydrogen-bond donors (Lipinski definition) is 2. The number of nitrogens with one attached hydrogen (secondary N) is 1. The molecule has 2 N–H and O–H groups in total. The molecule has 0 unspecified atom stereocenters. The van der Waals surface area contributed by atoms with Gasteiger partial charge in [0.05, 0.1) is 21.7 Å². The van der Waals surface area contributed by atoms with E-state index < -0.39 is 45.9 Å². The maximum atomic E-state index is 14.6. The second-order valence-corrected chi connectivity index (χ2v) is 10.3. The van der Waals surface area contributed by atoms with Crippen molar-refractivity contribution in [2.24, 2.45) is 5.41 Å². The van der Waals surface area contributed by atoms with Gasteiger partial charge in [-0.05, 0) is 65.9 Å². The first-order valence-electron chi connectivity index (χ1n) is 9.19. The van der Waals surface area contributed by atoms with E-state index in [9.17, 15) is 27.1 Å². The molecule has 1 saturated carbocycles. The molecule has 30 heavy (non-hydrogen) atoms.